The van der Waals surface area contributed by atoms with Gasteiger partial charge in [-0.15, -0.1) is 0 Å². The quantitative estimate of drug-likeness (QED) is 0.511. The van der Waals surface area contributed by atoms with Crippen LogP contribution in [0, 0.1) is 0 Å². The Kier molecular flexibility index (Phi) is 7.57. The number of carbonyl (C=O) groups is 1. The molecule has 0 aliphatic carbocycles. The molecule has 0 aromatic heterocycles. The van der Waals surface area contributed by atoms with E-state index < -0.39 is 6.04 Å². The number of nitrogens with one attached hydrogen (secondary N) is 1. The predicted octanol–water partition coefficient (Wildman–Crippen LogP) is -0.887. The van der Waals surface area contributed by atoms with Crippen LogP contribution < -0.4 is 11.1 Å². The van der Waals surface area contributed by atoms with Crippen LogP contribution in [0.3, 0.4) is 0 Å². The van der Waals surface area contributed by atoms with Crippen LogP contribution >= 0.6 is 0 Å². The molecule has 5 nitrogen and oxygen atoms in total. The molecule has 0 aromatic carbocycles. The van der Waals surface area contributed by atoms with Gasteiger partial charge in [-0.1, -0.05) is 0 Å². The molecule has 0 saturated carbocycles. The van der Waals surface area contributed by atoms with E-state index in [0.29, 0.717) is 26.2 Å². The molecule has 0 aliphatic heterocycles. The lowest BCUT2D eigenvalue weighted by Crippen LogP contribution is -2.42. The summed E-state index contributed by atoms with van der Waals surface area (Å²) in [7, 11) is 3.16. The molecule has 0 bridgehead atoms. The van der Waals surface area contributed by atoms with E-state index in [9.17, 15) is 4.79 Å². The largest absolute Gasteiger partial charge is 0.385 e. The van der Waals surface area contributed by atoms with Crippen LogP contribution in [0.2, 0.25) is 0 Å². The fourth-order valence-corrected chi connectivity index (χ4v) is 0.783. The Balaban J connectivity index is 3.45. The molecule has 3 N–H and O–H groups in total. The van der Waals surface area contributed by atoms with Crippen molar-refractivity contribution in [1.29, 1.82) is 0 Å². The number of amides is 1. The Bertz CT molecular complexity index is 141. The van der Waals surface area contributed by atoms with E-state index in [0.717, 1.165) is 0 Å². The molecule has 0 fully saturated rings. The summed E-state index contributed by atoms with van der Waals surface area (Å²) in [6.45, 7) is 1.50. The molecule has 13 heavy (non-hydrogen) atoms. The van der Waals surface area contributed by atoms with Crippen molar-refractivity contribution in [1.82, 2.24) is 5.32 Å². The molecule has 0 saturated heterocycles. The van der Waals surface area contributed by atoms with Crippen molar-refractivity contribution in [3.8, 4) is 0 Å². The number of rotatable bonds is 7. The van der Waals surface area contributed by atoms with Gasteiger partial charge in [0.1, 0.15) is 0 Å². The van der Waals surface area contributed by atoms with Gasteiger partial charge in [0.15, 0.2) is 0 Å². The Hall–Kier alpha value is -0.650. The van der Waals surface area contributed by atoms with Crippen LogP contribution in [-0.4, -0.2) is 45.9 Å². The first-order valence-electron chi connectivity index (χ1n) is 4.23. The zero-order valence-corrected chi connectivity index (χ0v) is 8.21. The van der Waals surface area contributed by atoms with Crippen LogP contribution in [0.5, 0.6) is 0 Å². The number of ether oxygens (including phenoxy) is 2. The molecule has 0 heterocycles. The summed E-state index contributed by atoms with van der Waals surface area (Å²) in [6.07, 6.45) is 0.537. The Morgan fingerprint density at radius 1 is 1.38 bits per heavy atom. The first kappa shape index (κ1) is 12.3. The molecular weight excluding hydrogens is 172 g/mol. The van der Waals surface area contributed by atoms with Crippen LogP contribution in [-0.2, 0) is 14.3 Å². The van der Waals surface area contributed by atoms with Gasteiger partial charge in [0.05, 0.1) is 12.6 Å². The van der Waals surface area contributed by atoms with Gasteiger partial charge in [-0.25, -0.2) is 0 Å². The van der Waals surface area contributed by atoms with E-state index >= 15 is 0 Å². The third-order valence-corrected chi connectivity index (χ3v) is 1.58. The Labute approximate surface area is 78.6 Å². The second kappa shape index (κ2) is 7.97. The van der Waals surface area contributed by atoms with Gasteiger partial charge in [-0.05, 0) is 6.42 Å². The fraction of sp³-hybridized carbons (Fsp3) is 0.875. The van der Waals surface area contributed by atoms with E-state index in [2.05, 4.69) is 5.32 Å². The van der Waals surface area contributed by atoms with Crippen molar-refractivity contribution < 1.29 is 14.3 Å². The van der Waals surface area contributed by atoms with Crippen molar-refractivity contribution in [3.05, 3.63) is 0 Å². The summed E-state index contributed by atoms with van der Waals surface area (Å²) < 4.78 is 9.58. The molecule has 1 unspecified atom stereocenters. The molecule has 0 aromatic rings. The van der Waals surface area contributed by atoms with E-state index in [1.807, 2.05) is 0 Å². The molecular formula is C8H18N2O3. The van der Waals surface area contributed by atoms with E-state index in [4.69, 9.17) is 15.2 Å². The molecule has 1 atom stereocenters. The maximum atomic E-state index is 11.2. The standard InChI is InChI=1S/C8H18N2O3/c1-12-5-3-7(9)8(11)10-4-6-13-2/h7H,3-6,9H2,1-2H3,(H,10,11). The summed E-state index contributed by atoms with van der Waals surface area (Å²) in [5, 5.41) is 2.65. The second-order valence-electron chi connectivity index (χ2n) is 2.67. The van der Waals surface area contributed by atoms with Crippen LogP contribution in [0.25, 0.3) is 0 Å². The van der Waals surface area contributed by atoms with Crippen molar-refractivity contribution in [2.45, 2.75) is 12.5 Å². The van der Waals surface area contributed by atoms with Crippen LogP contribution in [0.4, 0.5) is 0 Å². The highest BCUT2D eigenvalue weighted by molar-refractivity contribution is 5.81. The minimum absolute atomic E-state index is 0.158. The molecule has 78 valence electrons. The van der Waals surface area contributed by atoms with Crippen LogP contribution in [0.1, 0.15) is 6.42 Å². The normalized spacial score (nSPS) is 12.5. The summed E-state index contributed by atoms with van der Waals surface area (Å²) in [6, 6.07) is -0.489. The summed E-state index contributed by atoms with van der Waals surface area (Å²) in [5.74, 6) is -0.158. The second-order valence-corrected chi connectivity index (χ2v) is 2.67. The smallest absolute Gasteiger partial charge is 0.237 e. The number of carbonyl (C=O) groups excluding carboxylic acids is 1. The van der Waals surface area contributed by atoms with Gasteiger partial charge in [0, 0.05) is 27.4 Å². The summed E-state index contributed by atoms with van der Waals surface area (Å²) >= 11 is 0. The van der Waals surface area contributed by atoms with E-state index in [1.54, 1.807) is 14.2 Å². The third-order valence-electron chi connectivity index (χ3n) is 1.58. The Morgan fingerprint density at radius 2 is 2.00 bits per heavy atom. The number of hydrogen-bond acceptors (Lipinski definition) is 4. The van der Waals surface area contributed by atoms with Crippen molar-refractivity contribution in [2.75, 3.05) is 34.0 Å². The van der Waals surface area contributed by atoms with Crippen LogP contribution in [0.15, 0.2) is 0 Å². The highest BCUT2D eigenvalue weighted by Crippen LogP contribution is 1.88. The van der Waals surface area contributed by atoms with Gasteiger partial charge in [0.25, 0.3) is 0 Å². The van der Waals surface area contributed by atoms with Gasteiger partial charge < -0.3 is 20.5 Å². The lowest BCUT2D eigenvalue weighted by molar-refractivity contribution is -0.122. The number of methoxy groups -OCH3 is 2. The monoisotopic (exact) mass is 190 g/mol. The van der Waals surface area contributed by atoms with Crippen molar-refractivity contribution >= 4 is 5.91 Å². The van der Waals surface area contributed by atoms with Gasteiger partial charge in [-0.2, -0.15) is 0 Å². The highest BCUT2D eigenvalue weighted by Gasteiger charge is 2.11. The molecule has 0 rings (SSSR count). The van der Waals surface area contributed by atoms with Gasteiger partial charge in [-0.3, -0.25) is 4.79 Å². The maximum absolute atomic E-state index is 11.2. The summed E-state index contributed by atoms with van der Waals surface area (Å²) in [5.41, 5.74) is 5.55. The molecule has 0 radical (unpaired) electrons. The fourth-order valence-electron chi connectivity index (χ4n) is 0.783. The van der Waals surface area contributed by atoms with Gasteiger partial charge >= 0.3 is 0 Å². The molecule has 1 amide bonds. The Morgan fingerprint density at radius 3 is 2.54 bits per heavy atom. The average molecular weight is 190 g/mol. The van der Waals surface area contributed by atoms with Crippen molar-refractivity contribution in [3.63, 3.8) is 0 Å². The lowest BCUT2D eigenvalue weighted by atomic mass is 10.2. The highest BCUT2D eigenvalue weighted by atomic mass is 16.5. The zero-order chi connectivity index (χ0) is 10.1. The van der Waals surface area contributed by atoms with Gasteiger partial charge in [0.2, 0.25) is 5.91 Å². The maximum Gasteiger partial charge on any atom is 0.237 e. The zero-order valence-electron chi connectivity index (χ0n) is 8.21. The SMILES string of the molecule is COCCNC(=O)C(N)CCOC. The lowest BCUT2D eigenvalue weighted by Gasteiger charge is -2.10. The first-order chi connectivity index (χ1) is 6.22. The predicted molar refractivity (Wildman–Crippen MR) is 49.4 cm³/mol. The molecule has 0 spiro atoms. The summed E-state index contributed by atoms with van der Waals surface area (Å²) in [4.78, 5) is 11.2. The van der Waals surface area contributed by atoms with E-state index in [1.165, 1.54) is 0 Å². The first-order valence-corrected chi connectivity index (χ1v) is 4.23. The topological polar surface area (TPSA) is 73.6 Å². The van der Waals surface area contributed by atoms with E-state index in [-0.39, 0.29) is 5.91 Å². The third kappa shape index (κ3) is 6.51. The van der Waals surface area contributed by atoms with Crippen molar-refractivity contribution in [2.24, 2.45) is 5.73 Å². The number of hydrogen-bond donors (Lipinski definition) is 2. The molecule has 5 heteroatoms. The number of nitrogens with two attached hydrogens (primary N) is 1. The minimum Gasteiger partial charge on any atom is -0.385 e. The minimum atomic E-state index is -0.489. The molecule has 0 aliphatic rings. The average Bonchev–Trinajstić information content (AvgIpc) is 2.14.